The van der Waals surface area contributed by atoms with E-state index in [-0.39, 0.29) is 24.1 Å². The molecule has 1 fully saturated rings. The van der Waals surface area contributed by atoms with Gasteiger partial charge in [-0.1, -0.05) is 0 Å². The number of alkyl halides is 3. The van der Waals surface area contributed by atoms with Crippen LogP contribution in [-0.2, 0) is 6.18 Å². The number of hydrogen-bond donors (Lipinski definition) is 0. The molecule has 0 aromatic carbocycles. The zero-order chi connectivity index (χ0) is 16.6. The minimum atomic E-state index is -4.67. The number of carbonyl (C=O) groups excluding carboxylic acids is 1. The van der Waals surface area contributed by atoms with Gasteiger partial charge >= 0.3 is 12.1 Å². The van der Waals surface area contributed by atoms with Gasteiger partial charge in [-0.25, -0.2) is 0 Å². The number of likely N-dealkylation sites (tertiary alicyclic amines) is 1. The van der Waals surface area contributed by atoms with E-state index in [1.807, 2.05) is 0 Å². The molecule has 6 nitrogen and oxygen atoms in total. The Morgan fingerprint density at radius 2 is 2.09 bits per heavy atom. The van der Waals surface area contributed by atoms with E-state index >= 15 is 0 Å². The van der Waals surface area contributed by atoms with Gasteiger partial charge in [0.15, 0.2) is 10.4 Å². The number of carbonyl (C=O) groups is 1. The van der Waals surface area contributed by atoms with Gasteiger partial charge in [0, 0.05) is 13.1 Å². The highest BCUT2D eigenvalue weighted by Crippen LogP contribution is 2.32. The lowest BCUT2D eigenvalue weighted by Crippen LogP contribution is -2.39. The summed E-state index contributed by atoms with van der Waals surface area (Å²) in [6.07, 6.45) is -3.47. The Bertz CT molecular complexity index is 713. The van der Waals surface area contributed by atoms with E-state index in [0.29, 0.717) is 24.1 Å². The smallest absolute Gasteiger partial charge is 0.444 e. The zero-order valence-electron chi connectivity index (χ0n) is 11.6. The molecule has 1 amide bonds. The van der Waals surface area contributed by atoms with Crippen molar-refractivity contribution in [2.75, 3.05) is 13.1 Å². The van der Waals surface area contributed by atoms with Crippen LogP contribution in [0.4, 0.5) is 13.2 Å². The van der Waals surface area contributed by atoms with E-state index in [2.05, 4.69) is 26.1 Å². The summed E-state index contributed by atoms with van der Waals surface area (Å²) in [7, 11) is 0. The van der Waals surface area contributed by atoms with Gasteiger partial charge in [-0.15, -0.1) is 10.2 Å². The first-order chi connectivity index (χ1) is 10.8. The standard InChI is InChI=1S/C13H11BrF3N3O3/c14-9-4-3-8(22-9)11(21)20-5-1-2-7(6-20)10-18-19-12(23-10)13(15,16)17/h3-4,7H,1-2,5-6H2/t7-/m0/s1. The fourth-order valence-electron chi connectivity index (χ4n) is 2.46. The molecule has 3 heterocycles. The quantitative estimate of drug-likeness (QED) is 0.780. The molecule has 2 aromatic heterocycles. The molecule has 0 aliphatic carbocycles. The molecular weight excluding hydrogens is 383 g/mol. The fourth-order valence-corrected chi connectivity index (χ4v) is 2.77. The van der Waals surface area contributed by atoms with Crippen LogP contribution in [0, 0.1) is 0 Å². The maximum atomic E-state index is 12.5. The van der Waals surface area contributed by atoms with Crippen molar-refractivity contribution in [2.24, 2.45) is 0 Å². The highest BCUT2D eigenvalue weighted by molar-refractivity contribution is 9.10. The Balaban J connectivity index is 1.73. The minimum absolute atomic E-state index is 0.101. The average molecular weight is 394 g/mol. The predicted octanol–water partition coefficient (Wildman–Crippen LogP) is 3.46. The molecule has 1 atom stereocenters. The van der Waals surface area contributed by atoms with Gasteiger partial charge in [0.1, 0.15) is 0 Å². The SMILES string of the molecule is O=C(c1ccc(Br)o1)N1CCC[C@H](c2nnc(C(F)(F)F)o2)C1. The molecule has 0 radical (unpaired) electrons. The van der Waals surface area contributed by atoms with Crippen LogP contribution in [0.25, 0.3) is 0 Å². The average Bonchev–Trinajstić information content (AvgIpc) is 3.15. The maximum absolute atomic E-state index is 12.5. The summed E-state index contributed by atoms with van der Waals surface area (Å²) in [6.45, 7) is 0.699. The Labute approximate surface area is 136 Å². The van der Waals surface area contributed by atoms with Crippen molar-refractivity contribution in [1.29, 1.82) is 0 Å². The number of amides is 1. The van der Waals surface area contributed by atoms with Crippen LogP contribution in [0.3, 0.4) is 0 Å². The number of furan rings is 1. The van der Waals surface area contributed by atoms with E-state index in [9.17, 15) is 18.0 Å². The first-order valence-corrected chi connectivity index (χ1v) is 7.59. The monoisotopic (exact) mass is 393 g/mol. The van der Waals surface area contributed by atoms with Crippen LogP contribution in [0.15, 0.2) is 25.6 Å². The molecule has 10 heteroatoms. The topological polar surface area (TPSA) is 72.4 Å². The second-order valence-electron chi connectivity index (χ2n) is 5.14. The van der Waals surface area contributed by atoms with Crippen molar-refractivity contribution in [3.8, 4) is 0 Å². The number of nitrogens with zero attached hydrogens (tertiary/aromatic N) is 3. The summed E-state index contributed by atoms with van der Waals surface area (Å²) in [5, 5.41) is 6.50. The Morgan fingerprint density at radius 3 is 2.70 bits per heavy atom. The lowest BCUT2D eigenvalue weighted by atomic mass is 9.98. The summed E-state index contributed by atoms with van der Waals surface area (Å²) < 4.78 is 47.9. The number of piperidine rings is 1. The zero-order valence-corrected chi connectivity index (χ0v) is 13.2. The number of rotatable bonds is 2. The minimum Gasteiger partial charge on any atom is -0.444 e. The van der Waals surface area contributed by atoms with Crippen LogP contribution in [-0.4, -0.2) is 34.1 Å². The van der Waals surface area contributed by atoms with Crippen LogP contribution in [0.5, 0.6) is 0 Å². The molecule has 1 aliphatic rings. The summed E-state index contributed by atoms with van der Waals surface area (Å²) >= 11 is 3.12. The molecule has 2 aromatic rings. The highest BCUT2D eigenvalue weighted by Gasteiger charge is 2.39. The van der Waals surface area contributed by atoms with Gasteiger partial charge in [0.05, 0.1) is 5.92 Å². The largest absolute Gasteiger partial charge is 0.470 e. The highest BCUT2D eigenvalue weighted by atomic mass is 79.9. The third-order valence-corrected chi connectivity index (χ3v) is 3.95. The van der Waals surface area contributed by atoms with Crippen molar-refractivity contribution in [1.82, 2.24) is 15.1 Å². The third-order valence-electron chi connectivity index (χ3n) is 3.52. The molecule has 3 rings (SSSR count). The second kappa shape index (κ2) is 5.99. The van der Waals surface area contributed by atoms with Crippen LogP contribution in [0.1, 0.15) is 41.1 Å². The first-order valence-electron chi connectivity index (χ1n) is 6.80. The number of hydrogen-bond acceptors (Lipinski definition) is 5. The van der Waals surface area contributed by atoms with Gasteiger partial charge in [-0.3, -0.25) is 4.79 Å². The van der Waals surface area contributed by atoms with Crippen LogP contribution in [0.2, 0.25) is 0 Å². The Morgan fingerprint density at radius 1 is 1.30 bits per heavy atom. The van der Waals surface area contributed by atoms with Crippen molar-refractivity contribution in [3.63, 3.8) is 0 Å². The molecule has 0 saturated carbocycles. The van der Waals surface area contributed by atoms with Crippen molar-refractivity contribution in [2.45, 2.75) is 24.9 Å². The molecule has 0 N–H and O–H groups in total. The fraction of sp³-hybridized carbons (Fsp3) is 0.462. The van der Waals surface area contributed by atoms with Crippen molar-refractivity contribution in [3.05, 3.63) is 34.3 Å². The number of aromatic nitrogens is 2. The maximum Gasteiger partial charge on any atom is 0.470 e. The number of halogens is 4. The van der Waals surface area contributed by atoms with Gasteiger partial charge in [0.2, 0.25) is 5.89 Å². The Hall–Kier alpha value is -1.84. The molecule has 0 unspecified atom stereocenters. The van der Waals surface area contributed by atoms with Crippen LogP contribution < -0.4 is 0 Å². The summed E-state index contributed by atoms with van der Waals surface area (Å²) in [4.78, 5) is 13.8. The molecule has 1 aliphatic heterocycles. The van der Waals surface area contributed by atoms with Crippen molar-refractivity contribution < 1.29 is 26.8 Å². The molecule has 1 saturated heterocycles. The van der Waals surface area contributed by atoms with Gasteiger partial charge in [-0.2, -0.15) is 13.2 Å². The van der Waals surface area contributed by atoms with E-state index in [4.69, 9.17) is 8.83 Å². The van der Waals surface area contributed by atoms with E-state index in [0.717, 1.165) is 0 Å². The predicted molar refractivity (Wildman–Crippen MR) is 73.6 cm³/mol. The van der Waals surface area contributed by atoms with Gasteiger partial charge in [0.25, 0.3) is 5.91 Å². The molecular formula is C13H11BrF3N3O3. The van der Waals surface area contributed by atoms with E-state index in [1.165, 1.54) is 11.0 Å². The van der Waals surface area contributed by atoms with Gasteiger partial charge in [-0.05, 0) is 40.9 Å². The normalized spacial score (nSPS) is 19.1. The summed E-state index contributed by atoms with van der Waals surface area (Å²) in [6, 6.07) is 3.13. The second-order valence-corrected chi connectivity index (χ2v) is 5.92. The summed E-state index contributed by atoms with van der Waals surface area (Å²) in [5.74, 6) is -2.05. The van der Waals surface area contributed by atoms with E-state index in [1.54, 1.807) is 6.07 Å². The van der Waals surface area contributed by atoms with Crippen molar-refractivity contribution >= 4 is 21.8 Å². The van der Waals surface area contributed by atoms with E-state index < -0.39 is 18.0 Å². The first kappa shape index (κ1) is 16.0. The lowest BCUT2D eigenvalue weighted by Gasteiger charge is -2.30. The Kier molecular flexibility index (Phi) is 4.17. The molecule has 124 valence electrons. The third kappa shape index (κ3) is 3.41. The molecule has 23 heavy (non-hydrogen) atoms. The molecule has 0 spiro atoms. The van der Waals surface area contributed by atoms with Crippen LogP contribution >= 0.6 is 15.9 Å². The molecule has 0 bridgehead atoms. The lowest BCUT2D eigenvalue weighted by molar-refractivity contribution is -0.157. The summed E-state index contributed by atoms with van der Waals surface area (Å²) in [5.41, 5.74) is 0. The van der Waals surface area contributed by atoms with Gasteiger partial charge < -0.3 is 13.7 Å².